The average Bonchev–Trinajstić information content (AvgIpc) is 2.60. The van der Waals surface area contributed by atoms with Crippen molar-refractivity contribution in [2.24, 2.45) is 0 Å². The molecule has 2 nitrogen and oxygen atoms in total. The molecule has 0 saturated carbocycles. The van der Waals surface area contributed by atoms with Crippen molar-refractivity contribution in [3.05, 3.63) is 29.3 Å². The molecule has 1 aliphatic rings. The Bertz CT molecular complexity index is 346. The second-order valence-electron chi connectivity index (χ2n) is 3.75. The van der Waals surface area contributed by atoms with E-state index in [0.29, 0.717) is 12.5 Å². The van der Waals surface area contributed by atoms with Crippen molar-refractivity contribution in [3.63, 3.8) is 0 Å². The molecule has 2 rings (SSSR count). The highest BCUT2D eigenvalue weighted by molar-refractivity contribution is 5.64. The summed E-state index contributed by atoms with van der Waals surface area (Å²) in [7, 11) is 0. The van der Waals surface area contributed by atoms with Gasteiger partial charge in [0.15, 0.2) is 0 Å². The summed E-state index contributed by atoms with van der Waals surface area (Å²) >= 11 is 0. The van der Waals surface area contributed by atoms with Crippen molar-refractivity contribution < 1.29 is 4.79 Å². The summed E-state index contributed by atoms with van der Waals surface area (Å²) < 4.78 is 0. The summed E-state index contributed by atoms with van der Waals surface area (Å²) in [5, 5.41) is 3.42. The number of carbonyl (C=O) groups is 1. The average molecular weight is 189 g/mol. The van der Waals surface area contributed by atoms with Gasteiger partial charge in [0.1, 0.15) is 6.29 Å². The van der Waals surface area contributed by atoms with Gasteiger partial charge in [-0.05, 0) is 24.0 Å². The van der Waals surface area contributed by atoms with Crippen molar-refractivity contribution >= 4 is 12.0 Å². The van der Waals surface area contributed by atoms with Gasteiger partial charge in [-0.15, -0.1) is 0 Å². The molecule has 14 heavy (non-hydrogen) atoms. The summed E-state index contributed by atoms with van der Waals surface area (Å²) in [5.74, 6) is 0. The number of fused-ring (bicyclic) bond motifs is 1. The first-order valence-electron chi connectivity index (χ1n) is 5.16. The van der Waals surface area contributed by atoms with Crippen LogP contribution in [0.15, 0.2) is 18.2 Å². The molecule has 0 bridgehead atoms. The lowest BCUT2D eigenvalue weighted by atomic mass is 10.0. The predicted octanol–water partition coefficient (Wildman–Crippen LogP) is 2.17. The molecule has 0 spiro atoms. The fourth-order valence-corrected chi connectivity index (χ4v) is 2.08. The van der Waals surface area contributed by atoms with Crippen molar-refractivity contribution in [1.29, 1.82) is 0 Å². The van der Waals surface area contributed by atoms with Gasteiger partial charge in [0.25, 0.3) is 0 Å². The standard InChI is InChI=1S/C12H15NO/c1-2-9-4-3-5-10-8-11(6-7-14)13-12(9)10/h3-5,7,11,13H,2,6,8H2,1H3. The minimum atomic E-state index is 0.315. The van der Waals surface area contributed by atoms with Gasteiger partial charge in [0.05, 0.1) is 0 Å². The largest absolute Gasteiger partial charge is 0.381 e. The maximum atomic E-state index is 10.4. The third kappa shape index (κ3) is 1.52. The highest BCUT2D eigenvalue weighted by Gasteiger charge is 2.21. The van der Waals surface area contributed by atoms with E-state index in [0.717, 1.165) is 19.1 Å². The zero-order valence-corrected chi connectivity index (χ0v) is 8.42. The monoisotopic (exact) mass is 189 g/mol. The number of aldehydes is 1. The maximum absolute atomic E-state index is 10.4. The van der Waals surface area contributed by atoms with Crippen LogP contribution in [0.2, 0.25) is 0 Å². The van der Waals surface area contributed by atoms with Crippen molar-refractivity contribution in [2.45, 2.75) is 32.2 Å². The molecule has 1 aromatic carbocycles. The molecule has 0 fully saturated rings. The van der Waals surface area contributed by atoms with Crippen LogP contribution in [0, 0.1) is 0 Å². The number of hydrogen-bond acceptors (Lipinski definition) is 2. The molecule has 1 unspecified atom stereocenters. The molecule has 0 saturated heterocycles. The fourth-order valence-electron chi connectivity index (χ4n) is 2.08. The molecule has 2 heteroatoms. The highest BCUT2D eigenvalue weighted by atomic mass is 16.1. The first kappa shape index (κ1) is 9.25. The van der Waals surface area contributed by atoms with Gasteiger partial charge in [-0.3, -0.25) is 0 Å². The summed E-state index contributed by atoms with van der Waals surface area (Å²) in [5.41, 5.74) is 3.98. The third-order valence-electron chi connectivity index (χ3n) is 2.81. The Labute approximate surface area is 84.3 Å². The van der Waals surface area contributed by atoms with Gasteiger partial charge in [-0.1, -0.05) is 25.1 Å². The summed E-state index contributed by atoms with van der Waals surface area (Å²) in [4.78, 5) is 10.4. The van der Waals surface area contributed by atoms with Crippen LogP contribution < -0.4 is 5.32 Å². The smallest absolute Gasteiger partial charge is 0.122 e. The van der Waals surface area contributed by atoms with Crippen LogP contribution in [0.25, 0.3) is 0 Å². The molecular weight excluding hydrogens is 174 g/mol. The molecule has 1 heterocycles. The molecule has 74 valence electrons. The molecule has 1 N–H and O–H groups in total. The number of anilines is 1. The van der Waals surface area contributed by atoms with Gasteiger partial charge < -0.3 is 10.1 Å². The SMILES string of the molecule is CCc1cccc2c1NC(CC=O)C2. The Hall–Kier alpha value is -1.31. The van der Waals surface area contributed by atoms with Gasteiger partial charge in [-0.2, -0.15) is 0 Å². The van der Waals surface area contributed by atoms with Crippen LogP contribution in [0.1, 0.15) is 24.5 Å². The Kier molecular flexibility index (Phi) is 2.53. The van der Waals surface area contributed by atoms with Gasteiger partial charge in [0.2, 0.25) is 0 Å². The van der Waals surface area contributed by atoms with Crippen molar-refractivity contribution in [2.75, 3.05) is 5.32 Å². The Morgan fingerprint density at radius 1 is 1.57 bits per heavy atom. The molecule has 0 aliphatic carbocycles. The second-order valence-corrected chi connectivity index (χ2v) is 3.75. The topological polar surface area (TPSA) is 29.1 Å². The minimum Gasteiger partial charge on any atom is -0.381 e. The molecule has 0 aromatic heterocycles. The zero-order chi connectivity index (χ0) is 9.97. The van der Waals surface area contributed by atoms with Crippen LogP contribution >= 0.6 is 0 Å². The predicted molar refractivity (Wildman–Crippen MR) is 57.6 cm³/mol. The summed E-state index contributed by atoms with van der Waals surface area (Å²) in [6, 6.07) is 6.71. The van der Waals surface area contributed by atoms with Gasteiger partial charge in [-0.25, -0.2) is 0 Å². The third-order valence-corrected chi connectivity index (χ3v) is 2.81. The molecular formula is C12H15NO. The number of rotatable bonds is 3. The van der Waals surface area contributed by atoms with Crippen LogP contribution in [0.4, 0.5) is 5.69 Å². The number of carbonyl (C=O) groups excluding carboxylic acids is 1. The van der Waals surface area contributed by atoms with E-state index >= 15 is 0 Å². The summed E-state index contributed by atoms with van der Waals surface area (Å²) in [6.07, 6.45) is 3.64. The Morgan fingerprint density at radius 2 is 2.43 bits per heavy atom. The van der Waals surface area contributed by atoms with E-state index in [1.807, 2.05) is 0 Å². The van der Waals surface area contributed by atoms with Gasteiger partial charge in [0, 0.05) is 18.2 Å². The normalized spacial score (nSPS) is 18.8. The molecule has 0 radical (unpaired) electrons. The molecule has 1 aliphatic heterocycles. The van der Waals surface area contributed by atoms with Crippen LogP contribution in [-0.2, 0) is 17.6 Å². The Morgan fingerprint density at radius 3 is 3.14 bits per heavy atom. The van der Waals surface area contributed by atoms with Crippen molar-refractivity contribution in [1.82, 2.24) is 0 Å². The maximum Gasteiger partial charge on any atom is 0.122 e. The quantitative estimate of drug-likeness (QED) is 0.738. The van der Waals surface area contributed by atoms with E-state index in [1.54, 1.807) is 0 Å². The number of para-hydroxylation sites is 1. The van der Waals surface area contributed by atoms with E-state index in [-0.39, 0.29) is 0 Å². The minimum absolute atomic E-state index is 0.315. The second kappa shape index (κ2) is 3.82. The molecule has 1 atom stereocenters. The lowest BCUT2D eigenvalue weighted by Gasteiger charge is -2.08. The molecule has 1 aromatic rings. The van der Waals surface area contributed by atoms with E-state index in [2.05, 4.69) is 30.4 Å². The van der Waals surface area contributed by atoms with Crippen LogP contribution in [0.3, 0.4) is 0 Å². The van der Waals surface area contributed by atoms with Gasteiger partial charge >= 0.3 is 0 Å². The zero-order valence-electron chi connectivity index (χ0n) is 8.42. The molecule has 0 amide bonds. The summed E-state index contributed by atoms with van der Waals surface area (Å²) in [6.45, 7) is 2.16. The fraction of sp³-hybridized carbons (Fsp3) is 0.417. The van der Waals surface area contributed by atoms with E-state index in [9.17, 15) is 4.79 Å². The van der Waals surface area contributed by atoms with E-state index in [1.165, 1.54) is 16.8 Å². The lowest BCUT2D eigenvalue weighted by Crippen LogP contribution is -2.15. The Balaban J connectivity index is 2.25. The number of nitrogens with one attached hydrogen (secondary N) is 1. The number of hydrogen-bond donors (Lipinski definition) is 1. The van der Waals surface area contributed by atoms with Crippen LogP contribution in [0.5, 0.6) is 0 Å². The number of aryl methyl sites for hydroxylation is 1. The first-order valence-corrected chi connectivity index (χ1v) is 5.16. The highest BCUT2D eigenvalue weighted by Crippen LogP contribution is 2.30. The van der Waals surface area contributed by atoms with Crippen LogP contribution in [-0.4, -0.2) is 12.3 Å². The first-order chi connectivity index (χ1) is 6.85. The number of benzene rings is 1. The lowest BCUT2D eigenvalue weighted by molar-refractivity contribution is -0.108. The van der Waals surface area contributed by atoms with E-state index < -0.39 is 0 Å². The van der Waals surface area contributed by atoms with Crippen molar-refractivity contribution in [3.8, 4) is 0 Å². The van der Waals surface area contributed by atoms with E-state index in [4.69, 9.17) is 0 Å².